The van der Waals surface area contributed by atoms with Crippen molar-refractivity contribution < 1.29 is 8.78 Å². The minimum atomic E-state index is -0.689. The zero-order valence-corrected chi connectivity index (χ0v) is 11.1. The fourth-order valence-electron chi connectivity index (χ4n) is 2.13. The molecule has 0 saturated carbocycles. The number of benzene rings is 1. The molecule has 0 aliphatic heterocycles. The number of hydrogen-bond acceptors (Lipinski definition) is 2. The van der Waals surface area contributed by atoms with Crippen LogP contribution in [0.15, 0.2) is 36.5 Å². The van der Waals surface area contributed by atoms with E-state index in [0.717, 1.165) is 11.8 Å². The van der Waals surface area contributed by atoms with E-state index in [2.05, 4.69) is 9.97 Å². The Kier molecular flexibility index (Phi) is 3.36. The van der Waals surface area contributed by atoms with E-state index in [1.165, 1.54) is 6.07 Å². The van der Waals surface area contributed by atoms with Gasteiger partial charge in [0.1, 0.15) is 17.2 Å². The minimum absolute atomic E-state index is 0.114. The lowest BCUT2D eigenvalue weighted by Crippen LogP contribution is -2.05. The standard InChI is InChI=1S/C14H10ClF2N3/c15-7-13-19-14-11(17)5-9(16)6-12(14)20(13)8-10-3-1-2-4-18-10/h1-6H,7-8H2. The number of hydrogen-bond donors (Lipinski definition) is 0. The van der Waals surface area contributed by atoms with Crippen LogP contribution < -0.4 is 0 Å². The monoisotopic (exact) mass is 293 g/mol. The van der Waals surface area contributed by atoms with Gasteiger partial charge in [0, 0.05) is 12.3 Å². The van der Waals surface area contributed by atoms with Gasteiger partial charge in [-0.05, 0) is 18.2 Å². The van der Waals surface area contributed by atoms with Crippen LogP contribution in [0.3, 0.4) is 0 Å². The summed E-state index contributed by atoms with van der Waals surface area (Å²) in [5, 5.41) is 0. The molecule has 0 aliphatic carbocycles. The van der Waals surface area contributed by atoms with E-state index in [9.17, 15) is 8.78 Å². The zero-order valence-electron chi connectivity index (χ0n) is 10.4. The summed E-state index contributed by atoms with van der Waals surface area (Å²) < 4.78 is 28.8. The van der Waals surface area contributed by atoms with Crippen LogP contribution in [-0.4, -0.2) is 14.5 Å². The molecule has 0 bridgehead atoms. The highest BCUT2D eigenvalue weighted by molar-refractivity contribution is 6.16. The summed E-state index contributed by atoms with van der Waals surface area (Å²) in [6.07, 6.45) is 1.66. The van der Waals surface area contributed by atoms with Crippen LogP contribution in [0.2, 0.25) is 0 Å². The lowest BCUT2D eigenvalue weighted by molar-refractivity contribution is 0.590. The Morgan fingerprint density at radius 1 is 1.20 bits per heavy atom. The Morgan fingerprint density at radius 3 is 2.75 bits per heavy atom. The van der Waals surface area contributed by atoms with Crippen molar-refractivity contribution in [2.24, 2.45) is 0 Å². The molecule has 0 spiro atoms. The van der Waals surface area contributed by atoms with E-state index >= 15 is 0 Å². The molecular formula is C14H10ClF2N3. The molecule has 2 heterocycles. The number of imidazole rings is 1. The van der Waals surface area contributed by atoms with Crippen molar-refractivity contribution >= 4 is 22.6 Å². The van der Waals surface area contributed by atoms with Gasteiger partial charge in [-0.25, -0.2) is 13.8 Å². The van der Waals surface area contributed by atoms with Crippen LogP contribution in [0.1, 0.15) is 11.5 Å². The average molecular weight is 294 g/mol. The second-order valence-electron chi connectivity index (χ2n) is 4.32. The highest BCUT2D eigenvalue weighted by atomic mass is 35.5. The predicted molar refractivity (Wildman–Crippen MR) is 72.5 cm³/mol. The number of rotatable bonds is 3. The number of halogens is 3. The fraction of sp³-hybridized carbons (Fsp3) is 0.143. The second-order valence-corrected chi connectivity index (χ2v) is 4.59. The number of nitrogens with zero attached hydrogens (tertiary/aromatic N) is 3. The van der Waals surface area contributed by atoms with Crippen molar-refractivity contribution in [3.05, 3.63) is 59.7 Å². The number of alkyl halides is 1. The van der Waals surface area contributed by atoms with Gasteiger partial charge in [-0.15, -0.1) is 11.6 Å². The number of pyridine rings is 1. The Balaban J connectivity index is 2.17. The number of aromatic nitrogens is 3. The van der Waals surface area contributed by atoms with E-state index in [-0.39, 0.29) is 11.4 Å². The Bertz CT molecular complexity index is 756. The van der Waals surface area contributed by atoms with Crippen molar-refractivity contribution in [2.75, 3.05) is 0 Å². The van der Waals surface area contributed by atoms with Crippen molar-refractivity contribution in [3.63, 3.8) is 0 Å². The van der Waals surface area contributed by atoms with E-state index in [0.29, 0.717) is 17.9 Å². The maximum atomic E-state index is 13.7. The average Bonchev–Trinajstić information content (AvgIpc) is 2.78. The molecule has 0 atom stereocenters. The molecule has 6 heteroatoms. The van der Waals surface area contributed by atoms with Gasteiger partial charge in [0.2, 0.25) is 0 Å². The molecule has 0 amide bonds. The van der Waals surface area contributed by atoms with Gasteiger partial charge < -0.3 is 4.57 Å². The maximum Gasteiger partial charge on any atom is 0.153 e. The summed E-state index contributed by atoms with van der Waals surface area (Å²) >= 11 is 5.84. The first-order valence-electron chi connectivity index (χ1n) is 5.99. The van der Waals surface area contributed by atoms with Gasteiger partial charge in [-0.2, -0.15) is 0 Å². The van der Waals surface area contributed by atoms with Crippen molar-refractivity contribution in [1.82, 2.24) is 14.5 Å². The van der Waals surface area contributed by atoms with Gasteiger partial charge in [0.15, 0.2) is 5.82 Å². The summed E-state index contributed by atoms with van der Waals surface area (Å²) in [6.45, 7) is 0.363. The molecule has 3 aromatic rings. The molecule has 0 aliphatic rings. The third-order valence-electron chi connectivity index (χ3n) is 3.02. The van der Waals surface area contributed by atoms with Gasteiger partial charge in [0.05, 0.1) is 23.6 Å². The largest absolute Gasteiger partial charge is 0.321 e. The predicted octanol–water partition coefficient (Wildman–Crippen LogP) is 3.50. The Morgan fingerprint density at radius 2 is 2.05 bits per heavy atom. The molecule has 0 unspecified atom stereocenters. The molecule has 1 aromatic carbocycles. The quantitative estimate of drug-likeness (QED) is 0.692. The molecule has 2 aromatic heterocycles. The molecule has 3 nitrogen and oxygen atoms in total. The molecular weight excluding hydrogens is 284 g/mol. The van der Waals surface area contributed by atoms with Crippen LogP contribution in [0, 0.1) is 11.6 Å². The first-order valence-corrected chi connectivity index (χ1v) is 6.52. The van der Waals surface area contributed by atoms with E-state index in [1.54, 1.807) is 16.8 Å². The summed E-state index contributed by atoms with van der Waals surface area (Å²) in [7, 11) is 0. The Hall–Kier alpha value is -2.01. The zero-order chi connectivity index (χ0) is 14.1. The first kappa shape index (κ1) is 13.0. The fourth-order valence-corrected chi connectivity index (χ4v) is 2.33. The summed E-state index contributed by atoms with van der Waals surface area (Å²) in [5.41, 5.74) is 1.27. The van der Waals surface area contributed by atoms with E-state index < -0.39 is 11.6 Å². The van der Waals surface area contributed by atoms with Crippen LogP contribution in [0.5, 0.6) is 0 Å². The van der Waals surface area contributed by atoms with E-state index in [4.69, 9.17) is 11.6 Å². The van der Waals surface area contributed by atoms with E-state index in [1.807, 2.05) is 12.1 Å². The topological polar surface area (TPSA) is 30.7 Å². The molecule has 3 rings (SSSR count). The molecule has 102 valence electrons. The molecule has 0 radical (unpaired) electrons. The maximum absolute atomic E-state index is 13.7. The highest BCUT2D eigenvalue weighted by Gasteiger charge is 2.15. The molecule has 0 N–H and O–H groups in total. The third-order valence-corrected chi connectivity index (χ3v) is 3.26. The summed E-state index contributed by atoms with van der Waals surface area (Å²) in [6, 6.07) is 7.56. The normalized spacial score (nSPS) is 11.2. The van der Waals surface area contributed by atoms with Crippen LogP contribution >= 0.6 is 11.6 Å². The van der Waals surface area contributed by atoms with Crippen molar-refractivity contribution in [2.45, 2.75) is 12.4 Å². The second kappa shape index (κ2) is 5.17. The summed E-state index contributed by atoms with van der Waals surface area (Å²) in [4.78, 5) is 8.33. The lowest BCUT2D eigenvalue weighted by atomic mass is 10.3. The molecule has 0 fully saturated rings. The first-order chi connectivity index (χ1) is 9.69. The third kappa shape index (κ3) is 2.25. The Labute approximate surface area is 118 Å². The SMILES string of the molecule is Fc1cc(F)c2nc(CCl)n(Cc3ccccn3)c2c1. The van der Waals surface area contributed by atoms with Crippen molar-refractivity contribution in [1.29, 1.82) is 0 Å². The highest BCUT2D eigenvalue weighted by Crippen LogP contribution is 2.22. The van der Waals surface area contributed by atoms with Gasteiger partial charge in [-0.1, -0.05) is 6.07 Å². The lowest BCUT2D eigenvalue weighted by Gasteiger charge is -2.07. The van der Waals surface area contributed by atoms with Gasteiger partial charge in [0.25, 0.3) is 0 Å². The van der Waals surface area contributed by atoms with Gasteiger partial charge in [-0.3, -0.25) is 4.98 Å². The summed E-state index contributed by atoms with van der Waals surface area (Å²) in [5.74, 6) is -0.732. The van der Waals surface area contributed by atoms with Crippen molar-refractivity contribution in [3.8, 4) is 0 Å². The van der Waals surface area contributed by atoms with Gasteiger partial charge >= 0.3 is 0 Å². The van der Waals surface area contributed by atoms with Crippen LogP contribution in [0.4, 0.5) is 8.78 Å². The minimum Gasteiger partial charge on any atom is -0.321 e. The van der Waals surface area contributed by atoms with Crippen LogP contribution in [0.25, 0.3) is 11.0 Å². The van der Waals surface area contributed by atoms with Crippen LogP contribution in [-0.2, 0) is 12.4 Å². The molecule has 20 heavy (non-hydrogen) atoms. The number of fused-ring (bicyclic) bond motifs is 1. The molecule has 0 saturated heterocycles. The smallest absolute Gasteiger partial charge is 0.153 e.